The van der Waals surface area contributed by atoms with E-state index in [2.05, 4.69) is 15.2 Å². The van der Waals surface area contributed by atoms with Crippen molar-refractivity contribution in [1.82, 2.24) is 9.88 Å². The Morgan fingerprint density at radius 3 is 2.37 bits per heavy atom. The summed E-state index contributed by atoms with van der Waals surface area (Å²) in [5.74, 6) is 0.850. The number of amides is 1. The fraction of sp³-hybridized carbons (Fsp3) is 0.455. The van der Waals surface area contributed by atoms with E-state index in [1.807, 2.05) is 36.4 Å². The molecule has 142 valence electrons. The van der Waals surface area contributed by atoms with Gasteiger partial charge in [-0.05, 0) is 67.6 Å². The molecule has 0 unspecified atom stereocenters. The fourth-order valence-electron chi connectivity index (χ4n) is 3.81. The van der Waals surface area contributed by atoms with Crippen molar-refractivity contribution in [2.75, 3.05) is 18.4 Å². The standard InChI is InChI=1S/C22H27N3O2/c26-22(16-17-8-12-23-13-9-17)24-18-4-6-20(7-5-18)27-21-10-14-25(15-11-21)19-2-1-3-19/h4-9,12-13,19,21H,1-3,10-11,14-16H2,(H,24,26). The highest BCUT2D eigenvalue weighted by Crippen LogP contribution is 2.28. The fourth-order valence-corrected chi connectivity index (χ4v) is 3.81. The number of pyridine rings is 1. The van der Waals surface area contributed by atoms with Crippen LogP contribution in [0.25, 0.3) is 0 Å². The highest BCUT2D eigenvalue weighted by atomic mass is 16.5. The van der Waals surface area contributed by atoms with Crippen LogP contribution < -0.4 is 10.1 Å². The SMILES string of the molecule is O=C(Cc1ccncc1)Nc1ccc(OC2CCN(C3CCC3)CC2)cc1. The Morgan fingerprint density at radius 1 is 1.04 bits per heavy atom. The van der Waals surface area contributed by atoms with Crippen LogP contribution in [-0.2, 0) is 11.2 Å². The molecule has 0 radical (unpaired) electrons. The van der Waals surface area contributed by atoms with Crippen LogP contribution in [0.4, 0.5) is 5.69 Å². The van der Waals surface area contributed by atoms with E-state index in [9.17, 15) is 4.79 Å². The van der Waals surface area contributed by atoms with Crippen LogP contribution >= 0.6 is 0 Å². The van der Waals surface area contributed by atoms with E-state index in [0.717, 1.165) is 49.0 Å². The summed E-state index contributed by atoms with van der Waals surface area (Å²) in [6.07, 6.45) is 10.4. The predicted octanol–water partition coefficient (Wildman–Crippen LogP) is 3.66. The smallest absolute Gasteiger partial charge is 0.228 e. The van der Waals surface area contributed by atoms with E-state index in [0.29, 0.717) is 12.5 Å². The van der Waals surface area contributed by atoms with Crippen LogP contribution in [0, 0.1) is 0 Å². The molecule has 1 saturated heterocycles. The van der Waals surface area contributed by atoms with E-state index >= 15 is 0 Å². The quantitative estimate of drug-likeness (QED) is 0.849. The van der Waals surface area contributed by atoms with E-state index < -0.39 is 0 Å². The Bertz CT molecular complexity index is 736. The minimum absolute atomic E-state index is 0.0294. The molecule has 5 heteroatoms. The molecule has 27 heavy (non-hydrogen) atoms. The van der Waals surface area contributed by atoms with Crippen molar-refractivity contribution < 1.29 is 9.53 Å². The first-order valence-corrected chi connectivity index (χ1v) is 9.96. The maximum atomic E-state index is 12.1. The molecule has 1 N–H and O–H groups in total. The summed E-state index contributed by atoms with van der Waals surface area (Å²) in [5, 5.41) is 2.93. The molecule has 1 aromatic carbocycles. The first-order valence-electron chi connectivity index (χ1n) is 9.96. The monoisotopic (exact) mass is 365 g/mol. The lowest BCUT2D eigenvalue weighted by molar-refractivity contribution is -0.115. The molecule has 2 aliphatic rings. The summed E-state index contributed by atoms with van der Waals surface area (Å²) in [6.45, 7) is 2.30. The number of anilines is 1. The normalized spacial score (nSPS) is 18.7. The lowest BCUT2D eigenvalue weighted by Gasteiger charge is -2.41. The Balaban J connectivity index is 1.23. The summed E-state index contributed by atoms with van der Waals surface area (Å²) in [5.41, 5.74) is 1.75. The molecule has 4 rings (SSSR count). The van der Waals surface area contributed by atoms with Crippen LogP contribution in [0.1, 0.15) is 37.7 Å². The van der Waals surface area contributed by atoms with Crippen LogP contribution in [0.3, 0.4) is 0 Å². The number of benzene rings is 1. The molecule has 0 bridgehead atoms. The van der Waals surface area contributed by atoms with E-state index in [1.54, 1.807) is 12.4 Å². The average molecular weight is 365 g/mol. The van der Waals surface area contributed by atoms with Gasteiger partial charge in [-0.15, -0.1) is 0 Å². The number of hydrogen-bond acceptors (Lipinski definition) is 4. The number of rotatable bonds is 6. The van der Waals surface area contributed by atoms with Gasteiger partial charge < -0.3 is 15.0 Å². The average Bonchev–Trinajstić information content (AvgIpc) is 2.64. The Kier molecular flexibility index (Phi) is 5.68. The molecule has 1 aliphatic carbocycles. The van der Waals surface area contributed by atoms with Gasteiger partial charge in [0.25, 0.3) is 0 Å². The van der Waals surface area contributed by atoms with Gasteiger partial charge in [0.15, 0.2) is 0 Å². The van der Waals surface area contributed by atoms with E-state index in [4.69, 9.17) is 4.74 Å². The second-order valence-corrected chi connectivity index (χ2v) is 7.54. The van der Waals surface area contributed by atoms with Crippen LogP contribution in [-0.4, -0.2) is 41.0 Å². The third-order valence-corrected chi connectivity index (χ3v) is 5.62. The lowest BCUT2D eigenvalue weighted by Crippen LogP contribution is -2.46. The number of piperidine rings is 1. The van der Waals surface area contributed by atoms with Gasteiger partial charge in [0.05, 0.1) is 6.42 Å². The molecule has 1 aliphatic heterocycles. The molecule has 5 nitrogen and oxygen atoms in total. The van der Waals surface area contributed by atoms with E-state index in [1.165, 1.54) is 19.3 Å². The zero-order chi connectivity index (χ0) is 18.5. The van der Waals surface area contributed by atoms with Gasteiger partial charge in [0.1, 0.15) is 11.9 Å². The molecular weight excluding hydrogens is 338 g/mol. The minimum Gasteiger partial charge on any atom is -0.490 e. The van der Waals surface area contributed by atoms with Crippen molar-refractivity contribution in [1.29, 1.82) is 0 Å². The summed E-state index contributed by atoms with van der Waals surface area (Å²) in [7, 11) is 0. The summed E-state index contributed by atoms with van der Waals surface area (Å²) in [4.78, 5) is 18.7. The largest absolute Gasteiger partial charge is 0.490 e. The molecule has 1 aromatic heterocycles. The first-order chi connectivity index (χ1) is 13.3. The van der Waals surface area contributed by atoms with Gasteiger partial charge in [-0.25, -0.2) is 0 Å². The van der Waals surface area contributed by atoms with Gasteiger partial charge in [-0.3, -0.25) is 9.78 Å². The summed E-state index contributed by atoms with van der Waals surface area (Å²) < 4.78 is 6.14. The molecule has 0 atom stereocenters. The number of hydrogen-bond donors (Lipinski definition) is 1. The van der Waals surface area contributed by atoms with Crippen molar-refractivity contribution in [3.63, 3.8) is 0 Å². The predicted molar refractivity (Wildman–Crippen MR) is 106 cm³/mol. The number of nitrogens with one attached hydrogen (secondary N) is 1. The van der Waals surface area contributed by atoms with Crippen molar-refractivity contribution in [2.45, 2.75) is 50.7 Å². The van der Waals surface area contributed by atoms with Crippen molar-refractivity contribution in [2.24, 2.45) is 0 Å². The van der Waals surface area contributed by atoms with Crippen LogP contribution in [0.5, 0.6) is 5.75 Å². The van der Waals surface area contributed by atoms with Gasteiger partial charge in [-0.2, -0.15) is 0 Å². The molecule has 0 spiro atoms. The zero-order valence-electron chi connectivity index (χ0n) is 15.6. The second kappa shape index (κ2) is 8.53. The highest BCUT2D eigenvalue weighted by molar-refractivity contribution is 5.92. The molecule has 2 aromatic rings. The number of aromatic nitrogens is 1. The number of carbonyl (C=O) groups is 1. The van der Waals surface area contributed by atoms with Gasteiger partial charge in [0, 0.05) is 37.2 Å². The van der Waals surface area contributed by atoms with Crippen molar-refractivity contribution in [3.05, 3.63) is 54.4 Å². The molecular formula is C22H27N3O2. The number of nitrogens with zero attached hydrogens (tertiary/aromatic N) is 2. The molecule has 2 heterocycles. The second-order valence-electron chi connectivity index (χ2n) is 7.54. The third-order valence-electron chi connectivity index (χ3n) is 5.62. The first kappa shape index (κ1) is 18.0. The Labute approximate surface area is 160 Å². The Morgan fingerprint density at radius 2 is 1.74 bits per heavy atom. The Hall–Kier alpha value is -2.40. The van der Waals surface area contributed by atoms with Crippen LogP contribution in [0.15, 0.2) is 48.8 Å². The summed E-state index contributed by atoms with van der Waals surface area (Å²) in [6, 6.07) is 12.2. The highest BCUT2D eigenvalue weighted by Gasteiger charge is 2.29. The minimum atomic E-state index is -0.0294. The van der Waals surface area contributed by atoms with Crippen LogP contribution in [0.2, 0.25) is 0 Å². The van der Waals surface area contributed by atoms with Gasteiger partial charge in [0.2, 0.25) is 5.91 Å². The maximum Gasteiger partial charge on any atom is 0.228 e. The molecule has 1 saturated carbocycles. The molecule has 1 amide bonds. The number of carbonyl (C=O) groups excluding carboxylic acids is 1. The number of ether oxygens (including phenoxy) is 1. The lowest BCUT2D eigenvalue weighted by atomic mass is 9.90. The van der Waals surface area contributed by atoms with Crippen molar-refractivity contribution >= 4 is 11.6 Å². The topological polar surface area (TPSA) is 54.5 Å². The van der Waals surface area contributed by atoms with E-state index in [-0.39, 0.29) is 5.91 Å². The number of likely N-dealkylation sites (tertiary alicyclic amines) is 1. The maximum absolute atomic E-state index is 12.1. The van der Waals surface area contributed by atoms with Gasteiger partial charge >= 0.3 is 0 Å². The zero-order valence-corrected chi connectivity index (χ0v) is 15.6. The third kappa shape index (κ3) is 4.86. The van der Waals surface area contributed by atoms with Gasteiger partial charge in [-0.1, -0.05) is 6.42 Å². The summed E-state index contributed by atoms with van der Waals surface area (Å²) >= 11 is 0. The van der Waals surface area contributed by atoms with Crippen molar-refractivity contribution in [3.8, 4) is 5.75 Å². The molecule has 2 fully saturated rings.